The van der Waals surface area contributed by atoms with Crippen LogP contribution in [-0.2, 0) is 39.8 Å². The molecule has 2 rings (SSSR count). The zero-order chi connectivity index (χ0) is 30.5. The molecule has 0 radical (unpaired) electrons. The molecule has 1 aromatic rings. The molecule has 1 aliphatic heterocycles. The van der Waals surface area contributed by atoms with Gasteiger partial charge in [-0.1, -0.05) is 26.7 Å². The maximum absolute atomic E-state index is 13.8. The minimum atomic E-state index is -1.47. The van der Waals surface area contributed by atoms with Crippen LogP contribution in [0.15, 0.2) is 18.2 Å². The summed E-state index contributed by atoms with van der Waals surface area (Å²) in [6, 6.07) is -1.02. The Morgan fingerprint density at radius 3 is 2.32 bits per heavy atom. The van der Waals surface area contributed by atoms with E-state index >= 15 is 0 Å². The van der Waals surface area contributed by atoms with E-state index < -0.39 is 60.3 Å². The van der Waals surface area contributed by atoms with Gasteiger partial charge in [0.2, 0.25) is 11.8 Å². The standard InChI is InChI=1S/C28H39F2N3O8/c1-5-7-17(2)9-11-40-28(38)32-22(14-19-12-20(29)15-21(30)13-19)25(35)31-23(26(36)39-4)16-41-27(37)24-8-6-10-33(24)18(3)34/h12-13,15,17,22-24H,5-11,14,16H2,1-4H3,(H,31,35)(H,32,38). The summed E-state index contributed by atoms with van der Waals surface area (Å²) in [4.78, 5) is 63.9. The highest BCUT2D eigenvalue weighted by atomic mass is 19.1. The fourth-order valence-corrected chi connectivity index (χ4v) is 4.58. The van der Waals surface area contributed by atoms with Gasteiger partial charge in [-0.15, -0.1) is 0 Å². The first-order chi connectivity index (χ1) is 19.4. The predicted molar refractivity (Wildman–Crippen MR) is 142 cm³/mol. The van der Waals surface area contributed by atoms with Crippen molar-refractivity contribution in [3.05, 3.63) is 35.4 Å². The van der Waals surface area contributed by atoms with Crippen LogP contribution in [0.2, 0.25) is 0 Å². The van der Waals surface area contributed by atoms with Crippen molar-refractivity contribution in [2.24, 2.45) is 5.92 Å². The lowest BCUT2D eigenvalue weighted by atomic mass is 10.0. The molecule has 2 N–H and O–H groups in total. The van der Waals surface area contributed by atoms with Crippen molar-refractivity contribution in [1.29, 1.82) is 0 Å². The molecule has 11 nitrogen and oxygen atoms in total. The van der Waals surface area contributed by atoms with Crippen molar-refractivity contribution in [3.63, 3.8) is 0 Å². The third-order valence-electron chi connectivity index (χ3n) is 6.72. The van der Waals surface area contributed by atoms with E-state index in [1.165, 1.54) is 11.8 Å². The Labute approximate surface area is 238 Å². The lowest BCUT2D eigenvalue weighted by Crippen LogP contribution is -2.54. The first-order valence-electron chi connectivity index (χ1n) is 13.6. The number of esters is 2. The van der Waals surface area contributed by atoms with Crippen LogP contribution in [0, 0.1) is 17.6 Å². The van der Waals surface area contributed by atoms with Gasteiger partial charge >= 0.3 is 18.0 Å². The van der Waals surface area contributed by atoms with E-state index in [-0.39, 0.29) is 24.5 Å². The monoisotopic (exact) mass is 583 g/mol. The Hall–Kier alpha value is -3.77. The molecule has 0 spiro atoms. The second-order valence-electron chi connectivity index (χ2n) is 10.1. The molecule has 4 unspecified atom stereocenters. The number of alkyl carbamates (subject to hydrolysis) is 1. The molecule has 0 aromatic heterocycles. The van der Waals surface area contributed by atoms with Crippen LogP contribution in [-0.4, -0.2) is 79.7 Å². The fraction of sp³-hybridized carbons (Fsp3) is 0.607. The highest BCUT2D eigenvalue weighted by Crippen LogP contribution is 2.19. The predicted octanol–water partition coefficient (Wildman–Crippen LogP) is 2.64. The zero-order valence-corrected chi connectivity index (χ0v) is 23.9. The Balaban J connectivity index is 2.12. The van der Waals surface area contributed by atoms with Crippen molar-refractivity contribution >= 4 is 29.8 Å². The summed E-state index contributed by atoms with van der Waals surface area (Å²) in [5.41, 5.74) is 0.0612. The summed E-state index contributed by atoms with van der Waals surface area (Å²) in [6.45, 7) is 5.27. The summed E-state index contributed by atoms with van der Waals surface area (Å²) < 4.78 is 42.8. The van der Waals surface area contributed by atoms with E-state index in [4.69, 9.17) is 14.2 Å². The number of ether oxygens (including phenoxy) is 3. The molecule has 1 fully saturated rings. The number of likely N-dealkylation sites (tertiary alicyclic amines) is 1. The quantitative estimate of drug-likeness (QED) is 0.252. The molecule has 228 valence electrons. The highest BCUT2D eigenvalue weighted by molar-refractivity contribution is 5.90. The second kappa shape index (κ2) is 16.5. The SMILES string of the molecule is CCCC(C)CCOC(=O)NC(Cc1cc(F)cc(F)c1)C(=O)NC(COC(=O)C1CCCN1C(C)=O)C(=O)OC. The molecule has 0 saturated carbocycles. The smallest absolute Gasteiger partial charge is 0.407 e. The van der Waals surface area contributed by atoms with Gasteiger partial charge in [0.15, 0.2) is 6.04 Å². The van der Waals surface area contributed by atoms with Gasteiger partial charge < -0.3 is 29.7 Å². The number of amides is 3. The Morgan fingerprint density at radius 2 is 1.71 bits per heavy atom. The van der Waals surface area contributed by atoms with Gasteiger partial charge in [0, 0.05) is 26.0 Å². The maximum Gasteiger partial charge on any atom is 0.407 e. The van der Waals surface area contributed by atoms with Crippen molar-refractivity contribution < 1.29 is 47.0 Å². The summed E-state index contributed by atoms with van der Waals surface area (Å²) in [6.07, 6.45) is 2.26. The topological polar surface area (TPSA) is 140 Å². The lowest BCUT2D eigenvalue weighted by molar-refractivity contribution is -0.157. The minimum Gasteiger partial charge on any atom is -0.467 e. The Morgan fingerprint density at radius 1 is 1.02 bits per heavy atom. The van der Waals surface area contributed by atoms with Crippen LogP contribution in [0.3, 0.4) is 0 Å². The number of carbonyl (C=O) groups excluding carboxylic acids is 5. The molecule has 1 aliphatic rings. The summed E-state index contributed by atoms with van der Waals surface area (Å²) in [5.74, 6) is -4.33. The molecule has 41 heavy (non-hydrogen) atoms. The molecular formula is C28H39F2N3O8. The minimum absolute atomic E-state index is 0.0612. The summed E-state index contributed by atoms with van der Waals surface area (Å²) in [7, 11) is 1.07. The number of nitrogens with one attached hydrogen (secondary N) is 2. The lowest BCUT2D eigenvalue weighted by Gasteiger charge is -2.24. The average molecular weight is 584 g/mol. The van der Waals surface area contributed by atoms with Crippen molar-refractivity contribution in [1.82, 2.24) is 15.5 Å². The number of hydrogen-bond donors (Lipinski definition) is 2. The number of rotatable bonds is 14. The molecule has 1 saturated heterocycles. The fourth-order valence-electron chi connectivity index (χ4n) is 4.58. The maximum atomic E-state index is 13.8. The molecule has 1 heterocycles. The molecule has 4 atom stereocenters. The molecule has 13 heteroatoms. The largest absolute Gasteiger partial charge is 0.467 e. The Bertz CT molecular complexity index is 1070. The summed E-state index contributed by atoms with van der Waals surface area (Å²) in [5, 5.41) is 4.74. The van der Waals surface area contributed by atoms with E-state index in [9.17, 15) is 32.8 Å². The number of nitrogens with zero attached hydrogens (tertiary/aromatic N) is 1. The van der Waals surface area contributed by atoms with Crippen LogP contribution in [0.1, 0.15) is 58.4 Å². The molecule has 0 bridgehead atoms. The number of hydrogen-bond acceptors (Lipinski definition) is 8. The van der Waals surface area contributed by atoms with Gasteiger partial charge in [-0.05, 0) is 42.9 Å². The highest BCUT2D eigenvalue weighted by Gasteiger charge is 2.35. The van der Waals surface area contributed by atoms with E-state index in [1.54, 1.807) is 0 Å². The average Bonchev–Trinajstić information content (AvgIpc) is 3.40. The van der Waals surface area contributed by atoms with E-state index in [0.717, 1.165) is 32.1 Å². The number of halogens is 2. The normalized spacial score (nSPS) is 16.7. The molecule has 0 aliphatic carbocycles. The van der Waals surface area contributed by atoms with Gasteiger partial charge in [-0.2, -0.15) is 0 Å². The van der Waals surface area contributed by atoms with Gasteiger partial charge in [0.1, 0.15) is 30.3 Å². The van der Waals surface area contributed by atoms with Crippen molar-refractivity contribution in [2.45, 2.75) is 77.4 Å². The van der Waals surface area contributed by atoms with Crippen LogP contribution >= 0.6 is 0 Å². The van der Waals surface area contributed by atoms with E-state index in [0.29, 0.717) is 37.8 Å². The van der Waals surface area contributed by atoms with Crippen LogP contribution in [0.25, 0.3) is 0 Å². The second-order valence-corrected chi connectivity index (χ2v) is 10.1. The van der Waals surface area contributed by atoms with Crippen molar-refractivity contribution in [2.75, 3.05) is 26.9 Å². The summed E-state index contributed by atoms with van der Waals surface area (Å²) >= 11 is 0. The zero-order valence-electron chi connectivity index (χ0n) is 23.9. The first-order valence-corrected chi connectivity index (χ1v) is 13.6. The van der Waals surface area contributed by atoms with Crippen LogP contribution in [0.4, 0.5) is 13.6 Å². The number of methoxy groups -OCH3 is 1. The third-order valence-corrected chi connectivity index (χ3v) is 6.72. The number of carbonyl (C=O) groups is 5. The van der Waals surface area contributed by atoms with E-state index in [1.807, 2.05) is 13.8 Å². The van der Waals surface area contributed by atoms with Crippen LogP contribution < -0.4 is 10.6 Å². The molecule has 3 amide bonds. The van der Waals surface area contributed by atoms with Gasteiger partial charge in [0.25, 0.3) is 0 Å². The Kier molecular flexibility index (Phi) is 13.4. The van der Waals surface area contributed by atoms with Gasteiger partial charge in [-0.3, -0.25) is 9.59 Å². The van der Waals surface area contributed by atoms with Crippen LogP contribution in [0.5, 0.6) is 0 Å². The first kappa shape index (κ1) is 33.4. The van der Waals surface area contributed by atoms with Gasteiger partial charge in [-0.25, -0.2) is 23.2 Å². The third kappa shape index (κ3) is 11.0. The molecule has 1 aromatic carbocycles. The van der Waals surface area contributed by atoms with E-state index in [2.05, 4.69) is 10.6 Å². The van der Waals surface area contributed by atoms with Gasteiger partial charge in [0.05, 0.1) is 13.7 Å². The van der Waals surface area contributed by atoms with Crippen molar-refractivity contribution in [3.8, 4) is 0 Å². The number of benzene rings is 1. The molecular weight excluding hydrogens is 544 g/mol.